The summed E-state index contributed by atoms with van der Waals surface area (Å²) in [5.74, 6) is 0.483. The standard InChI is InChI=1S/C7H11BrN2O2/c1-7(2,3)11-4-5-9-6(8)10-12-5/h4H2,1-3H3. The molecule has 68 valence electrons. The van der Waals surface area contributed by atoms with Crippen molar-refractivity contribution >= 4 is 15.9 Å². The number of ether oxygens (including phenoxy) is 1. The number of rotatable bonds is 2. The number of hydrogen-bond donors (Lipinski definition) is 0. The van der Waals surface area contributed by atoms with Gasteiger partial charge in [-0.1, -0.05) is 0 Å². The molecule has 0 aliphatic rings. The van der Waals surface area contributed by atoms with Gasteiger partial charge >= 0.3 is 0 Å². The molecular weight excluding hydrogens is 224 g/mol. The van der Waals surface area contributed by atoms with Crippen molar-refractivity contribution in [2.45, 2.75) is 33.0 Å². The van der Waals surface area contributed by atoms with E-state index in [0.29, 0.717) is 17.2 Å². The highest BCUT2D eigenvalue weighted by Crippen LogP contribution is 2.11. The maximum Gasteiger partial charge on any atom is 0.253 e. The lowest BCUT2D eigenvalue weighted by atomic mass is 10.2. The Hall–Kier alpha value is -0.420. The van der Waals surface area contributed by atoms with Gasteiger partial charge in [0.25, 0.3) is 5.89 Å². The molecule has 0 bridgehead atoms. The molecule has 0 fully saturated rings. The van der Waals surface area contributed by atoms with Crippen molar-refractivity contribution in [1.29, 1.82) is 0 Å². The van der Waals surface area contributed by atoms with Gasteiger partial charge in [0.05, 0.1) is 5.60 Å². The van der Waals surface area contributed by atoms with Gasteiger partial charge in [-0.3, -0.25) is 0 Å². The van der Waals surface area contributed by atoms with Gasteiger partial charge in [-0.2, -0.15) is 4.98 Å². The van der Waals surface area contributed by atoms with Crippen molar-refractivity contribution in [3.63, 3.8) is 0 Å². The Balaban J connectivity index is 2.44. The molecule has 0 radical (unpaired) electrons. The predicted molar refractivity (Wildman–Crippen MR) is 46.5 cm³/mol. The normalized spacial score (nSPS) is 12.0. The van der Waals surface area contributed by atoms with Gasteiger partial charge in [0, 0.05) is 0 Å². The molecule has 0 unspecified atom stereocenters. The van der Waals surface area contributed by atoms with E-state index in [9.17, 15) is 0 Å². The Kier molecular flexibility index (Phi) is 2.85. The van der Waals surface area contributed by atoms with E-state index in [1.807, 2.05) is 20.8 Å². The van der Waals surface area contributed by atoms with Crippen molar-refractivity contribution in [2.24, 2.45) is 0 Å². The highest BCUT2D eigenvalue weighted by Gasteiger charge is 2.12. The van der Waals surface area contributed by atoms with Gasteiger partial charge in [-0.05, 0) is 41.9 Å². The third-order valence-electron chi connectivity index (χ3n) is 1.07. The van der Waals surface area contributed by atoms with Crippen LogP contribution < -0.4 is 0 Å². The Morgan fingerprint density at radius 1 is 1.50 bits per heavy atom. The van der Waals surface area contributed by atoms with Crippen LogP contribution in [0, 0.1) is 0 Å². The molecule has 0 saturated heterocycles. The summed E-state index contributed by atoms with van der Waals surface area (Å²) in [6.07, 6.45) is 0. The monoisotopic (exact) mass is 234 g/mol. The maximum absolute atomic E-state index is 5.41. The lowest BCUT2D eigenvalue weighted by molar-refractivity contribution is -0.0260. The average molecular weight is 235 g/mol. The van der Waals surface area contributed by atoms with E-state index >= 15 is 0 Å². The molecular formula is C7H11BrN2O2. The maximum atomic E-state index is 5.41. The van der Waals surface area contributed by atoms with Crippen LogP contribution >= 0.6 is 15.9 Å². The molecule has 1 aromatic rings. The molecule has 5 heteroatoms. The van der Waals surface area contributed by atoms with E-state index in [1.54, 1.807) is 0 Å². The van der Waals surface area contributed by atoms with Crippen LogP contribution in [0.15, 0.2) is 9.26 Å². The molecule has 0 atom stereocenters. The van der Waals surface area contributed by atoms with E-state index in [-0.39, 0.29) is 5.60 Å². The van der Waals surface area contributed by atoms with Crippen LogP contribution in [0.25, 0.3) is 0 Å². The van der Waals surface area contributed by atoms with Gasteiger partial charge < -0.3 is 9.26 Å². The fourth-order valence-electron chi connectivity index (χ4n) is 0.571. The quantitative estimate of drug-likeness (QED) is 0.787. The number of aromatic nitrogens is 2. The summed E-state index contributed by atoms with van der Waals surface area (Å²) in [5.41, 5.74) is -0.180. The molecule has 0 aromatic carbocycles. The minimum absolute atomic E-state index is 0.180. The summed E-state index contributed by atoms with van der Waals surface area (Å²) in [6.45, 7) is 6.26. The Labute approximate surface area is 79.4 Å². The number of halogens is 1. The Morgan fingerprint density at radius 3 is 2.58 bits per heavy atom. The van der Waals surface area contributed by atoms with Crippen LogP contribution in [-0.2, 0) is 11.3 Å². The first-order valence-corrected chi connectivity index (χ1v) is 4.39. The second-order valence-corrected chi connectivity index (χ2v) is 4.07. The van der Waals surface area contributed by atoms with Crippen molar-refractivity contribution < 1.29 is 9.26 Å². The van der Waals surface area contributed by atoms with Crippen LogP contribution in [0.2, 0.25) is 0 Å². The van der Waals surface area contributed by atoms with Crippen molar-refractivity contribution in [3.8, 4) is 0 Å². The molecule has 0 amide bonds. The first kappa shape index (κ1) is 9.67. The molecule has 1 aromatic heterocycles. The van der Waals surface area contributed by atoms with Crippen molar-refractivity contribution in [1.82, 2.24) is 10.1 Å². The van der Waals surface area contributed by atoms with Gasteiger partial charge in [0.1, 0.15) is 6.61 Å². The van der Waals surface area contributed by atoms with Gasteiger partial charge in [0.2, 0.25) is 4.73 Å². The van der Waals surface area contributed by atoms with Gasteiger partial charge in [-0.15, -0.1) is 0 Å². The average Bonchev–Trinajstić information content (AvgIpc) is 2.30. The zero-order valence-electron chi connectivity index (χ0n) is 7.30. The zero-order valence-corrected chi connectivity index (χ0v) is 8.88. The van der Waals surface area contributed by atoms with Gasteiger partial charge in [0.15, 0.2) is 0 Å². The zero-order chi connectivity index (χ0) is 9.19. The van der Waals surface area contributed by atoms with E-state index < -0.39 is 0 Å². The summed E-state index contributed by atoms with van der Waals surface area (Å²) in [5, 5.41) is 3.57. The summed E-state index contributed by atoms with van der Waals surface area (Å²) < 4.78 is 10.7. The Morgan fingerprint density at radius 2 is 2.17 bits per heavy atom. The van der Waals surface area contributed by atoms with Crippen LogP contribution in [0.1, 0.15) is 26.7 Å². The predicted octanol–water partition coefficient (Wildman–Crippen LogP) is 2.15. The minimum Gasteiger partial charge on any atom is -0.366 e. The van der Waals surface area contributed by atoms with Crippen LogP contribution in [0.3, 0.4) is 0 Å². The fraction of sp³-hybridized carbons (Fsp3) is 0.714. The molecule has 1 heterocycles. The van der Waals surface area contributed by atoms with E-state index in [2.05, 4.69) is 26.1 Å². The largest absolute Gasteiger partial charge is 0.366 e. The summed E-state index contributed by atoms with van der Waals surface area (Å²) in [7, 11) is 0. The van der Waals surface area contributed by atoms with Crippen LogP contribution in [0.5, 0.6) is 0 Å². The van der Waals surface area contributed by atoms with E-state index in [1.165, 1.54) is 0 Å². The molecule has 12 heavy (non-hydrogen) atoms. The molecule has 1 rings (SSSR count). The number of nitrogens with zero attached hydrogens (tertiary/aromatic N) is 2. The number of hydrogen-bond acceptors (Lipinski definition) is 4. The molecule has 0 spiro atoms. The smallest absolute Gasteiger partial charge is 0.253 e. The third kappa shape index (κ3) is 3.32. The first-order valence-electron chi connectivity index (χ1n) is 3.59. The lowest BCUT2D eigenvalue weighted by Gasteiger charge is -2.17. The second-order valence-electron chi connectivity index (χ2n) is 3.36. The second kappa shape index (κ2) is 3.53. The molecule has 0 N–H and O–H groups in total. The lowest BCUT2D eigenvalue weighted by Crippen LogP contribution is -2.18. The van der Waals surface area contributed by atoms with Gasteiger partial charge in [-0.25, -0.2) is 0 Å². The highest BCUT2D eigenvalue weighted by molar-refractivity contribution is 9.10. The third-order valence-corrected chi connectivity index (χ3v) is 1.39. The van der Waals surface area contributed by atoms with Crippen LogP contribution in [0.4, 0.5) is 0 Å². The summed E-state index contributed by atoms with van der Waals surface area (Å²) in [4.78, 5) is 3.93. The van der Waals surface area contributed by atoms with Crippen molar-refractivity contribution in [3.05, 3.63) is 10.6 Å². The molecule has 0 aliphatic carbocycles. The van der Waals surface area contributed by atoms with Crippen molar-refractivity contribution in [2.75, 3.05) is 0 Å². The molecule has 4 nitrogen and oxygen atoms in total. The topological polar surface area (TPSA) is 48.2 Å². The summed E-state index contributed by atoms with van der Waals surface area (Å²) >= 11 is 3.08. The minimum atomic E-state index is -0.180. The molecule has 0 saturated carbocycles. The van der Waals surface area contributed by atoms with E-state index in [0.717, 1.165) is 0 Å². The first-order chi connectivity index (χ1) is 5.47. The summed E-state index contributed by atoms with van der Waals surface area (Å²) in [6, 6.07) is 0. The highest BCUT2D eigenvalue weighted by atomic mass is 79.9. The SMILES string of the molecule is CC(C)(C)OCc1nc(Br)no1. The van der Waals surface area contributed by atoms with E-state index in [4.69, 9.17) is 9.26 Å². The Bertz CT molecular complexity index is 254. The van der Waals surface area contributed by atoms with Crippen LogP contribution in [-0.4, -0.2) is 15.7 Å². The fourth-order valence-corrected chi connectivity index (χ4v) is 0.841. The molecule has 0 aliphatic heterocycles.